The summed E-state index contributed by atoms with van der Waals surface area (Å²) in [6.45, 7) is 2.13. The smallest absolute Gasteiger partial charge is 0.156 e. The first-order valence-corrected chi connectivity index (χ1v) is 8.17. The molecule has 1 atom stereocenters. The number of para-hydroxylation sites is 1. The van der Waals surface area contributed by atoms with Gasteiger partial charge in [0, 0.05) is 22.9 Å². The number of benzene rings is 2. The molecule has 0 spiro atoms. The highest BCUT2D eigenvalue weighted by Gasteiger charge is 2.25. The van der Waals surface area contributed by atoms with Gasteiger partial charge in [-0.3, -0.25) is 4.79 Å². The van der Waals surface area contributed by atoms with Crippen LogP contribution in [0.25, 0.3) is 16.5 Å². The topological polar surface area (TPSA) is 42.1 Å². The van der Waals surface area contributed by atoms with E-state index in [1.54, 1.807) is 13.2 Å². The fraction of sp³-hybridized carbons (Fsp3) is 0.190. The zero-order chi connectivity index (χ0) is 16.7. The van der Waals surface area contributed by atoms with Crippen LogP contribution in [0.2, 0.25) is 0 Å². The van der Waals surface area contributed by atoms with Gasteiger partial charge in [-0.15, -0.1) is 0 Å². The van der Waals surface area contributed by atoms with Crippen LogP contribution in [0.5, 0.6) is 5.75 Å². The molecule has 4 rings (SSSR count). The summed E-state index contributed by atoms with van der Waals surface area (Å²) in [5.74, 6) is 1.17. The second-order valence-electron chi connectivity index (χ2n) is 6.32. The monoisotopic (exact) mass is 317 g/mol. The maximum Gasteiger partial charge on any atom is 0.156 e. The van der Waals surface area contributed by atoms with Crippen molar-refractivity contribution >= 4 is 22.3 Å². The van der Waals surface area contributed by atoms with Crippen LogP contribution in [0, 0.1) is 0 Å². The first kappa shape index (κ1) is 14.8. The van der Waals surface area contributed by atoms with Crippen molar-refractivity contribution in [3.8, 4) is 5.75 Å². The number of ketones is 1. The van der Waals surface area contributed by atoms with Crippen molar-refractivity contribution in [3.05, 3.63) is 71.4 Å². The second-order valence-corrected chi connectivity index (χ2v) is 6.32. The number of carbonyl (C=O) groups excluding carboxylic acids is 1. The summed E-state index contributed by atoms with van der Waals surface area (Å²) in [6.07, 6.45) is 2.31. The lowest BCUT2D eigenvalue weighted by molar-refractivity contribution is -0.114. The summed E-state index contributed by atoms with van der Waals surface area (Å²) in [5, 5.41) is 1.20. The van der Waals surface area contributed by atoms with Gasteiger partial charge in [-0.1, -0.05) is 37.3 Å². The summed E-state index contributed by atoms with van der Waals surface area (Å²) < 4.78 is 5.24. The van der Waals surface area contributed by atoms with Crippen LogP contribution < -0.4 is 4.74 Å². The van der Waals surface area contributed by atoms with Crippen LogP contribution in [0.1, 0.15) is 36.1 Å². The molecule has 0 saturated heterocycles. The minimum atomic E-state index is 0.169. The van der Waals surface area contributed by atoms with Crippen LogP contribution >= 0.6 is 0 Å². The quantitative estimate of drug-likeness (QED) is 0.745. The predicted octanol–water partition coefficient (Wildman–Crippen LogP) is 4.68. The maximum absolute atomic E-state index is 12.4. The molecule has 3 aromatic rings. The summed E-state index contributed by atoms with van der Waals surface area (Å²) >= 11 is 0. The zero-order valence-corrected chi connectivity index (χ0v) is 13.8. The van der Waals surface area contributed by atoms with Gasteiger partial charge in [0.2, 0.25) is 0 Å². The Bertz CT molecular complexity index is 948. The SMILES string of the molecule is COc1ccc(C2=CC(=O)CC(C)c3c2[nH]c2ccccc32)cc1. The van der Waals surface area contributed by atoms with E-state index in [4.69, 9.17) is 4.74 Å². The molecule has 120 valence electrons. The normalized spacial score (nSPS) is 17.3. The van der Waals surface area contributed by atoms with E-state index in [1.165, 1.54) is 10.9 Å². The van der Waals surface area contributed by atoms with E-state index in [9.17, 15) is 4.79 Å². The molecule has 0 saturated carbocycles. The van der Waals surface area contributed by atoms with E-state index in [2.05, 4.69) is 24.0 Å². The Labute approximate surface area is 141 Å². The minimum Gasteiger partial charge on any atom is -0.497 e. The molecular formula is C21H19NO2. The average Bonchev–Trinajstić information content (AvgIpc) is 2.93. The Morgan fingerprint density at radius 3 is 2.58 bits per heavy atom. The Morgan fingerprint density at radius 1 is 1.08 bits per heavy atom. The number of nitrogens with one attached hydrogen (secondary N) is 1. The molecule has 0 radical (unpaired) electrons. The number of carbonyl (C=O) groups is 1. The number of methoxy groups -OCH3 is 1. The molecule has 1 N–H and O–H groups in total. The van der Waals surface area contributed by atoms with Crippen molar-refractivity contribution in [2.45, 2.75) is 19.3 Å². The molecule has 1 unspecified atom stereocenters. The van der Waals surface area contributed by atoms with Gasteiger partial charge in [-0.05, 0) is 41.3 Å². The standard InChI is InChI=1S/C21H19NO2/c1-13-11-15(23)12-18(14-7-9-16(24-2)10-8-14)21-20(13)17-5-3-4-6-19(17)22-21/h3-10,12-13,22H,11H2,1-2H3. The highest BCUT2D eigenvalue weighted by molar-refractivity contribution is 6.05. The van der Waals surface area contributed by atoms with E-state index in [-0.39, 0.29) is 11.7 Å². The number of aromatic nitrogens is 1. The van der Waals surface area contributed by atoms with Gasteiger partial charge in [0.15, 0.2) is 5.78 Å². The number of ether oxygens (including phenoxy) is 1. The van der Waals surface area contributed by atoms with E-state index in [1.807, 2.05) is 36.4 Å². The summed E-state index contributed by atoms with van der Waals surface area (Å²) in [5.41, 5.74) is 5.38. The number of allylic oxidation sites excluding steroid dienone is 1. The van der Waals surface area contributed by atoms with Crippen LogP contribution in [-0.4, -0.2) is 17.9 Å². The third kappa shape index (κ3) is 2.33. The van der Waals surface area contributed by atoms with E-state index in [0.29, 0.717) is 6.42 Å². The number of H-pyrrole nitrogens is 1. The molecule has 0 amide bonds. The van der Waals surface area contributed by atoms with Gasteiger partial charge in [0.05, 0.1) is 12.8 Å². The number of hydrogen-bond donors (Lipinski definition) is 1. The third-order valence-corrected chi connectivity index (χ3v) is 4.72. The van der Waals surface area contributed by atoms with Gasteiger partial charge in [0.25, 0.3) is 0 Å². The molecule has 0 aliphatic heterocycles. The number of hydrogen-bond acceptors (Lipinski definition) is 2. The number of aromatic amines is 1. The largest absolute Gasteiger partial charge is 0.497 e. The highest BCUT2D eigenvalue weighted by atomic mass is 16.5. The van der Waals surface area contributed by atoms with Crippen molar-refractivity contribution in [2.24, 2.45) is 0 Å². The minimum absolute atomic E-state index is 0.169. The molecule has 1 heterocycles. The second kappa shape index (κ2) is 5.68. The molecule has 1 aliphatic carbocycles. The molecule has 24 heavy (non-hydrogen) atoms. The number of rotatable bonds is 2. The molecule has 1 aliphatic rings. The lowest BCUT2D eigenvalue weighted by Crippen LogP contribution is -1.99. The van der Waals surface area contributed by atoms with Gasteiger partial charge in [-0.25, -0.2) is 0 Å². The van der Waals surface area contributed by atoms with Crippen molar-refractivity contribution in [1.29, 1.82) is 0 Å². The molecule has 1 aromatic heterocycles. The lowest BCUT2D eigenvalue weighted by atomic mass is 9.93. The molecule has 0 fully saturated rings. The van der Waals surface area contributed by atoms with E-state index in [0.717, 1.165) is 28.1 Å². The van der Waals surface area contributed by atoms with Crippen LogP contribution in [0.3, 0.4) is 0 Å². The number of fused-ring (bicyclic) bond motifs is 3. The van der Waals surface area contributed by atoms with Crippen LogP contribution in [0.4, 0.5) is 0 Å². The van der Waals surface area contributed by atoms with Crippen molar-refractivity contribution in [3.63, 3.8) is 0 Å². The van der Waals surface area contributed by atoms with Crippen molar-refractivity contribution < 1.29 is 9.53 Å². The maximum atomic E-state index is 12.4. The van der Waals surface area contributed by atoms with Crippen molar-refractivity contribution in [2.75, 3.05) is 7.11 Å². The van der Waals surface area contributed by atoms with Crippen molar-refractivity contribution in [1.82, 2.24) is 4.98 Å². The fourth-order valence-corrected chi connectivity index (χ4v) is 3.58. The van der Waals surface area contributed by atoms with E-state index >= 15 is 0 Å². The Morgan fingerprint density at radius 2 is 1.83 bits per heavy atom. The Hall–Kier alpha value is -2.81. The van der Waals surface area contributed by atoms with Crippen LogP contribution in [-0.2, 0) is 4.79 Å². The van der Waals surface area contributed by atoms with E-state index < -0.39 is 0 Å². The van der Waals surface area contributed by atoms with Gasteiger partial charge >= 0.3 is 0 Å². The summed E-state index contributed by atoms with van der Waals surface area (Å²) in [7, 11) is 1.65. The predicted molar refractivity (Wildman–Crippen MR) is 96.4 cm³/mol. The average molecular weight is 317 g/mol. The summed E-state index contributed by atoms with van der Waals surface area (Å²) in [6, 6.07) is 16.2. The lowest BCUT2D eigenvalue weighted by Gasteiger charge is -2.11. The molecule has 0 bridgehead atoms. The highest BCUT2D eigenvalue weighted by Crippen LogP contribution is 2.39. The Kier molecular flexibility index (Phi) is 3.49. The molecule has 3 nitrogen and oxygen atoms in total. The zero-order valence-electron chi connectivity index (χ0n) is 13.8. The molecule has 3 heteroatoms. The molecule has 2 aromatic carbocycles. The first-order valence-electron chi connectivity index (χ1n) is 8.17. The van der Waals surface area contributed by atoms with Gasteiger partial charge < -0.3 is 9.72 Å². The first-order chi connectivity index (χ1) is 11.7. The van der Waals surface area contributed by atoms with Gasteiger partial charge in [0.1, 0.15) is 5.75 Å². The molecular weight excluding hydrogens is 298 g/mol. The summed E-state index contributed by atoms with van der Waals surface area (Å²) in [4.78, 5) is 15.9. The third-order valence-electron chi connectivity index (χ3n) is 4.72. The van der Waals surface area contributed by atoms with Gasteiger partial charge in [-0.2, -0.15) is 0 Å². The van der Waals surface area contributed by atoms with Crippen LogP contribution in [0.15, 0.2) is 54.6 Å². The Balaban J connectivity index is 1.95. The fourth-order valence-electron chi connectivity index (χ4n) is 3.58.